The Hall–Kier alpha value is -2.66. The minimum atomic E-state index is 0.0311. The van der Waals surface area contributed by atoms with E-state index >= 15 is 0 Å². The third-order valence-corrected chi connectivity index (χ3v) is 4.82. The Morgan fingerprint density at radius 3 is 2.40 bits per heavy atom. The molecule has 0 saturated carbocycles. The first-order valence-electron chi connectivity index (χ1n) is 8.66. The standard InChI is InChI=1S/C20H22N4O/c1-15-8-9-17-18(25)14-19(23-12-10-22(2)11-13-23)24(20(17)21-15)16-6-4-3-5-7-16/h3-9,14H,10-13H2,1-2H3. The zero-order valence-electron chi connectivity index (χ0n) is 14.6. The van der Waals surface area contributed by atoms with Gasteiger partial charge in [0.2, 0.25) is 0 Å². The Bertz CT molecular complexity index is 957. The first-order chi connectivity index (χ1) is 12.1. The molecular formula is C20H22N4O. The van der Waals surface area contributed by atoms with Gasteiger partial charge in [-0.25, -0.2) is 4.98 Å². The van der Waals surface area contributed by atoms with E-state index in [-0.39, 0.29) is 5.43 Å². The van der Waals surface area contributed by atoms with E-state index < -0.39 is 0 Å². The van der Waals surface area contributed by atoms with Gasteiger partial charge >= 0.3 is 0 Å². The number of aryl methyl sites for hydroxylation is 1. The zero-order valence-corrected chi connectivity index (χ0v) is 14.6. The maximum atomic E-state index is 12.7. The molecule has 1 saturated heterocycles. The van der Waals surface area contributed by atoms with Gasteiger partial charge in [-0.1, -0.05) is 18.2 Å². The van der Waals surface area contributed by atoms with E-state index in [4.69, 9.17) is 4.98 Å². The number of benzene rings is 1. The van der Waals surface area contributed by atoms with Gasteiger partial charge in [-0.15, -0.1) is 0 Å². The highest BCUT2D eigenvalue weighted by Gasteiger charge is 2.20. The fourth-order valence-corrected chi connectivity index (χ4v) is 3.37. The van der Waals surface area contributed by atoms with Crippen LogP contribution < -0.4 is 10.3 Å². The highest BCUT2D eigenvalue weighted by atomic mass is 16.1. The summed E-state index contributed by atoms with van der Waals surface area (Å²) in [6.07, 6.45) is 0. The molecule has 0 N–H and O–H groups in total. The van der Waals surface area contributed by atoms with Crippen LogP contribution in [0.4, 0.5) is 5.82 Å². The number of hydrogen-bond acceptors (Lipinski definition) is 4. The fourth-order valence-electron chi connectivity index (χ4n) is 3.37. The van der Waals surface area contributed by atoms with Crippen molar-refractivity contribution in [2.45, 2.75) is 6.92 Å². The topological polar surface area (TPSA) is 41.4 Å². The van der Waals surface area contributed by atoms with Crippen LogP contribution in [0.5, 0.6) is 0 Å². The fraction of sp³-hybridized carbons (Fsp3) is 0.300. The number of likely N-dealkylation sites (N-methyl/N-ethyl adjacent to an activating group) is 1. The molecule has 0 amide bonds. The number of rotatable bonds is 2. The lowest BCUT2D eigenvalue weighted by Gasteiger charge is -2.35. The summed E-state index contributed by atoms with van der Waals surface area (Å²) in [4.78, 5) is 22.0. The number of para-hydroxylation sites is 1. The molecule has 128 valence electrons. The lowest BCUT2D eigenvalue weighted by Crippen LogP contribution is -2.45. The molecule has 0 bridgehead atoms. The second-order valence-electron chi connectivity index (χ2n) is 6.65. The van der Waals surface area contributed by atoms with Crippen molar-refractivity contribution in [3.05, 3.63) is 64.4 Å². The van der Waals surface area contributed by atoms with E-state index in [1.165, 1.54) is 0 Å². The number of nitrogens with zero attached hydrogens (tertiary/aromatic N) is 4. The molecule has 1 fully saturated rings. The molecule has 0 unspecified atom stereocenters. The van der Waals surface area contributed by atoms with E-state index in [0.717, 1.165) is 49.0 Å². The summed E-state index contributed by atoms with van der Waals surface area (Å²) in [5.74, 6) is 0.926. The van der Waals surface area contributed by atoms with Gasteiger partial charge in [0.1, 0.15) is 11.5 Å². The summed E-state index contributed by atoms with van der Waals surface area (Å²) in [7, 11) is 2.13. The minimum absolute atomic E-state index is 0.0311. The van der Waals surface area contributed by atoms with E-state index in [0.29, 0.717) is 5.39 Å². The largest absolute Gasteiger partial charge is 0.355 e. The normalized spacial score (nSPS) is 15.7. The van der Waals surface area contributed by atoms with Gasteiger partial charge in [-0.05, 0) is 38.2 Å². The minimum Gasteiger partial charge on any atom is -0.355 e. The zero-order chi connectivity index (χ0) is 17.4. The van der Waals surface area contributed by atoms with Crippen LogP contribution in [0.15, 0.2) is 53.3 Å². The molecule has 2 aromatic heterocycles. The lowest BCUT2D eigenvalue weighted by atomic mass is 10.2. The maximum absolute atomic E-state index is 12.7. The molecule has 4 rings (SSSR count). The second-order valence-corrected chi connectivity index (χ2v) is 6.65. The van der Waals surface area contributed by atoms with Crippen molar-refractivity contribution in [1.82, 2.24) is 14.5 Å². The summed E-state index contributed by atoms with van der Waals surface area (Å²) >= 11 is 0. The Labute approximate surface area is 147 Å². The molecule has 3 aromatic rings. The van der Waals surface area contributed by atoms with Crippen LogP contribution in [-0.4, -0.2) is 47.7 Å². The number of anilines is 1. The van der Waals surface area contributed by atoms with E-state index in [1.54, 1.807) is 6.07 Å². The third kappa shape index (κ3) is 2.91. The Morgan fingerprint density at radius 1 is 0.960 bits per heavy atom. The van der Waals surface area contributed by atoms with Crippen LogP contribution in [0.2, 0.25) is 0 Å². The van der Waals surface area contributed by atoms with Crippen molar-refractivity contribution in [3.63, 3.8) is 0 Å². The van der Waals surface area contributed by atoms with E-state index in [2.05, 4.69) is 33.5 Å². The van der Waals surface area contributed by atoms with Crippen molar-refractivity contribution in [1.29, 1.82) is 0 Å². The summed E-state index contributed by atoms with van der Waals surface area (Å²) in [6.45, 7) is 5.74. The molecule has 5 nitrogen and oxygen atoms in total. The molecule has 5 heteroatoms. The predicted molar refractivity (Wildman–Crippen MR) is 102 cm³/mol. The summed E-state index contributed by atoms with van der Waals surface area (Å²) in [5, 5.41) is 0.660. The van der Waals surface area contributed by atoms with E-state index in [1.807, 2.05) is 37.3 Å². The van der Waals surface area contributed by atoms with Crippen LogP contribution in [0.3, 0.4) is 0 Å². The van der Waals surface area contributed by atoms with Crippen LogP contribution in [0.25, 0.3) is 16.7 Å². The lowest BCUT2D eigenvalue weighted by molar-refractivity contribution is 0.311. The summed E-state index contributed by atoms with van der Waals surface area (Å²) in [5.41, 5.74) is 2.70. The van der Waals surface area contributed by atoms with Crippen molar-refractivity contribution in [2.24, 2.45) is 0 Å². The van der Waals surface area contributed by atoms with Crippen molar-refractivity contribution < 1.29 is 0 Å². The molecule has 1 aromatic carbocycles. The van der Waals surface area contributed by atoms with Gasteiger partial charge in [-0.2, -0.15) is 0 Å². The van der Waals surface area contributed by atoms with Crippen LogP contribution in [-0.2, 0) is 0 Å². The van der Waals surface area contributed by atoms with Gasteiger partial charge in [0.15, 0.2) is 5.43 Å². The molecular weight excluding hydrogens is 312 g/mol. The smallest absolute Gasteiger partial charge is 0.193 e. The Balaban J connectivity index is 2.00. The number of aromatic nitrogens is 2. The molecule has 0 atom stereocenters. The Morgan fingerprint density at radius 2 is 1.68 bits per heavy atom. The molecule has 3 heterocycles. The van der Waals surface area contributed by atoms with Crippen LogP contribution >= 0.6 is 0 Å². The van der Waals surface area contributed by atoms with Gasteiger partial charge in [0.25, 0.3) is 0 Å². The molecule has 25 heavy (non-hydrogen) atoms. The van der Waals surface area contributed by atoms with Gasteiger partial charge < -0.3 is 9.80 Å². The average molecular weight is 334 g/mol. The molecule has 0 aliphatic carbocycles. The van der Waals surface area contributed by atoms with Crippen LogP contribution in [0, 0.1) is 6.92 Å². The highest BCUT2D eigenvalue weighted by Crippen LogP contribution is 2.25. The van der Waals surface area contributed by atoms with Crippen molar-refractivity contribution in [3.8, 4) is 5.69 Å². The predicted octanol–water partition coefficient (Wildman–Crippen LogP) is 2.45. The first kappa shape index (κ1) is 15.8. The first-order valence-corrected chi connectivity index (χ1v) is 8.66. The van der Waals surface area contributed by atoms with Crippen molar-refractivity contribution >= 4 is 16.9 Å². The SMILES string of the molecule is Cc1ccc2c(=O)cc(N3CCN(C)CC3)n(-c3ccccc3)c2n1. The molecule has 1 aliphatic rings. The van der Waals surface area contributed by atoms with Crippen molar-refractivity contribution in [2.75, 3.05) is 38.1 Å². The maximum Gasteiger partial charge on any atom is 0.193 e. The quantitative estimate of drug-likeness (QED) is 0.722. The Kier molecular flexibility index (Phi) is 4.01. The van der Waals surface area contributed by atoms with Crippen LogP contribution in [0.1, 0.15) is 5.69 Å². The average Bonchev–Trinajstić information content (AvgIpc) is 2.62. The number of fused-ring (bicyclic) bond motifs is 1. The number of piperazine rings is 1. The monoisotopic (exact) mass is 334 g/mol. The number of hydrogen-bond donors (Lipinski definition) is 0. The van der Waals surface area contributed by atoms with Gasteiger partial charge in [0.05, 0.1) is 5.39 Å². The number of pyridine rings is 2. The molecule has 0 spiro atoms. The molecule has 0 radical (unpaired) electrons. The molecule has 1 aliphatic heterocycles. The summed E-state index contributed by atoms with van der Waals surface area (Å²) < 4.78 is 2.12. The van der Waals surface area contributed by atoms with Gasteiger partial charge in [0, 0.05) is 43.6 Å². The van der Waals surface area contributed by atoms with E-state index in [9.17, 15) is 4.79 Å². The third-order valence-electron chi connectivity index (χ3n) is 4.82. The summed E-state index contributed by atoms with van der Waals surface area (Å²) in [6, 6.07) is 15.7. The highest BCUT2D eigenvalue weighted by molar-refractivity contribution is 5.80. The second kappa shape index (κ2) is 6.33. The van der Waals surface area contributed by atoms with Gasteiger partial charge in [-0.3, -0.25) is 9.36 Å².